The van der Waals surface area contributed by atoms with Crippen molar-refractivity contribution in [3.05, 3.63) is 69.1 Å². The third kappa shape index (κ3) is 4.42. The number of thioether (sulfide) groups is 1. The second-order valence-electron chi connectivity index (χ2n) is 6.01. The summed E-state index contributed by atoms with van der Waals surface area (Å²) in [6.07, 6.45) is 1.56. The minimum Gasteiger partial charge on any atom is -0.324 e. The van der Waals surface area contributed by atoms with Crippen molar-refractivity contribution in [3.8, 4) is 6.07 Å². The minimum atomic E-state index is -0.531. The van der Waals surface area contributed by atoms with Crippen LogP contribution in [0.5, 0.6) is 0 Å². The summed E-state index contributed by atoms with van der Waals surface area (Å²) in [5.74, 6) is -1.03. The van der Waals surface area contributed by atoms with Gasteiger partial charge in [-0.1, -0.05) is 29.8 Å². The Bertz CT molecular complexity index is 1040. The molecule has 3 amide bonds. The minimum absolute atomic E-state index is 0.223. The first-order valence-corrected chi connectivity index (χ1v) is 9.38. The van der Waals surface area contributed by atoms with Gasteiger partial charge >= 0.3 is 0 Å². The van der Waals surface area contributed by atoms with Crippen LogP contribution in [0.15, 0.2) is 47.4 Å². The molecule has 0 unspecified atom stereocenters. The van der Waals surface area contributed by atoms with Gasteiger partial charge in [-0.2, -0.15) is 5.26 Å². The molecule has 1 N–H and O–H groups in total. The highest BCUT2D eigenvalue weighted by atomic mass is 35.5. The highest BCUT2D eigenvalue weighted by molar-refractivity contribution is 8.18. The van der Waals surface area contributed by atoms with E-state index < -0.39 is 17.1 Å². The average molecular weight is 412 g/mol. The zero-order chi connectivity index (χ0) is 20.3. The summed E-state index contributed by atoms with van der Waals surface area (Å²) in [5.41, 5.74) is 2.54. The van der Waals surface area contributed by atoms with E-state index in [9.17, 15) is 14.4 Å². The van der Waals surface area contributed by atoms with Crippen molar-refractivity contribution in [1.29, 1.82) is 5.26 Å². The van der Waals surface area contributed by atoms with E-state index >= 15 is 0 Å². The molecule has 0 aliphatic carbocycles. The number of imide groups is 1. The number of rotatable bonds is 4. The molecule has 0 atom stereocenters. The second kappa shape index (κ2) is 8.30. The number of carbonyl (C=O) groups is 3. The molecule has 3 rings (SSSR count). The topological polar surface area (TPSA) is 90.3 Å². The molecule has 0 radical (unpaired) electrons. The third-order valence-corrected chi connectivity index (χ3v) is 5.28. The first-order chi connectivity index (χ1) is 13.4. The average Bonchev–Trinajstić information content (AvgIpc) is 2.93. The van der Waals surface area contributed by atoms with Gasteiger partial charge in [-0.05, 0) is 60.2 Å². The lowest BCUT2D eigenvalue weighted by atomic mass is 10.1. The fourth-order valence-electron chi connectivity index (χ4n) is 2.46. The second-order valence-corrected chi connectivity index (χ2v) is 7.41. The third-order valence-electron chi connectivity index (χ3n) is 3.97. The molecule has 6 nitrogen and oxygen atoms in total. The summed E-state index contributed by atoms with van der Waals surface area (Å²) in [6, 6.07) is 13.7. The van der Waals surface area contributed by atoms with Gasteiger partial charge in [-0.3, -0.25) is 19.3 Å². The number of hydrogen-bond acceptors (Lipinski definition) is 5. The maximum absolute atomic E-state index is 12.5. The van der Waals surface area contributed by atoms with Crippen LogP contribution in [0.25, 0.3) is 6.08 Å². The molecule has 1 saturated heterocycles. The molecule has 0 spiro atoms. The van der Waals surface area contributed by atoms with E-state index in [1.54, 1.807) is 48.5 Å². The lowest BCUT2D eigenvalue weighted by Crippen LogP contribution is -2.36. The fourth-order valence-corrected chi connectivity index (χ4v) is 3.48. The first-order valence-electron chi connectivity index (χ1n) is 8.19. The van der Waals surface area contributed by atoms with Crippen molar-refractivity contribution >= 4 is 52.2 Å². The van der Waals surface area contributed by atoms with Gasteiger partial charge in [0.2, 0.25) is 5.91 Å². The Morgan fingerprint density at radius 3 is 2.61 bits per heavy atom. The summed E-state index contributed by atoms with van der Waals surface area (Å²) in [4.78, 5) is 38.0. The van der Waals surface area contributed by atoms with Gasteiger partial charge < -0.3 is 5.32 Å². The zero-order valence-electron chi connectivity index (χ0n) is 14.7. The monoisotopic (exact) mass is 411 g/mol. The number of halogens is 1. The zero-order valence-corrected chi connectivity index (χ0v) is 16.3. The molecule has 140 valence electrons. The van der Waals surface area contributed by atoms with Gasteiger partial charge in [0.1, 0.15) is 6.54 Å². The maximum atomic E-state index is 12.5. The Labute approximate surface area is 170 Å². The molecule has 1 aliphatic heterocycles. The number of aryl methyl sites for hydroxylation is 1. The number of nitrogens with one attached hydrogen (secondary N) is 1. The van der Waals surface area contributed by atoms with E-state index in [0.29, 0.717) is 21.8 Å². The van der Waals surface area contributed by atoms with Gasteiger partial charge in [0, 0.05) is 10.7 Å². The van der Waals surface area contributed by atoms with Crippen molar-refractivity contribution in [1.82, 2.24) is 4.90 Å². The van der Waals surface area contributed by atoms with Gasteiger partial charge in [0.05, 0.1) is 16.5 Å². The largest absolute Gasteiger partial charge is 0.324 e. The predicted molar refractivity (Wildman–Crippen MR) is 109 cm³/mol. The Kier molecular flexibility index (Phi) is 5.83. The van der Waals surface area contributed by atoms with Gasteiger partial charge in [0.15, 0.2) is 0 Å². The van der Waals surface area contributed by atoms with E-state index in [1.165, 1.54) is 0 Å². The number of carbonyl (C=O) groups excluding carboxylic acids is 3. The number of nitriles is 1. The van der Waals surface area contributed by atoms with E-state index in [0.717, 1.165) is 22.2 Å². The first kappa shape index (κ1) is 19.7. The number of hydrogen-bond donors (Lipinski definition) is 1. The summed E-state index contributed by atoms with van der Waals surface area (Å²) >= 11 is 6.80. The molecular weight excluding hydrogens is 398 g/mol. The van der Waals surface area contributed by atoms with Crippen LogP contribution < -0.4 is 5.32 Å². The molecule has 1 aliphatic rings. The Morgan fingerprint density at radius 2 is 1.96 bits per heavy atom. The van der Waals surface area contributed by atoms with Gasteiger partial charge in [0.25, 0.3) is 11.1 Å². The van der Waals surface area contributed by atoms with E-state index in [-0.39, 0.29) is 11.4 Å². The van der Waals surface area contributed by atoms with Crippen LogP contribution >= 0.6 is 23.4 Å². The van der Waals surface area contributed by atoms with E-state index in [1.807, 2.05) is 13.0 Å². The van der Waals surface area contributed by atoms with Crippen LogP contribution in [0.1, 0.15) is 16.7 Å². The number of amides is 3. The van der Waals surface area contributed by atoms with Crippen molar-refractivity contribution in [2.24, 2.45) is 0 Å². The predicted octanol–water partition coefficient (Wildman–Crippen LogP) is 4.20. The standard InChI is InChI=1S/C20H14ClN3O3S/c1-12-2-7-15(9-16(12)21)23-18(25)11-24-19(26)17(28-20(24)27)8-13-3-5-14(10-22)6-4-13/h2-9H,11H2,1H3,(H,23,25)/b17-8+. The van der Waals surface area contributed by atoms with E-state index in [4.69, 9.17) is 16.9 Å². The molecular formula is C20H14ClN3O3S. The van der Waals surface area contributed by atoms with Crippen LogP contribution in [0, 0.1) is 18.3 Å². The van der Waals surface area contributed by atoms with Crippen LogP contribution in [-0.4, -0.2) is 28.5 Å². The molecule has 0 bridgehead atoms. The highest BCUT2D eigenvalue weighted by Gasteiger charge is 2.36. The molecule has 1 heterocycles. The Balaban J connectivity index is 1.69. The number of benzene rings is 2. The SMILES string of the molecule is Cc1ccc(NC(=O)CN2C(=O)S/C(=C/c3ccc(C#N)cc3)C2=O)cc1Cl. The summed E-state index contributed by atoms with van der Waals surface area (Å²) in [7, 11) is 0. The van der Waals surface area contributed by atoms with Gasteiger partial charge in [-0.25, -0.2) is 0 Å². The number of anilines is 1. The summed E-state index contributed by atoms with van der Waals surface area (Å²) < 4.78 is 0. The van der Waals surface area contributed by atoms with Crippen LogP contribution in [0.3, 0.4) is 0 Å². The molecule has 1 fully saturated rings. The quantitative estimate of drug-likeness (QED) is 0.761. The molecule has 8 heteroatoms. The lowest BCUT2D eigenvalue weighted by Gasteiger charge is -2.13. The fraction of sp³-hybridized carbons (Fsp3) is 0.100. The van der Waals surface area contributed by atoms with Crippen LogP contribution in [-0.2, 0) is 9.59 Å². The smallest absolute Gasteiger partial charge is 0.294 e. The van der Waals surface area contributed by atoms with Crippen molar-refractivity contribution < 1.29 is 14.4 Å². The molecule has 0 aromatic heterocycles. The number of nitrogens with zero attached hydrogens (tertiary/aromatic N) is 2. The summed E-state index contributed by atoms with van der Waals surface area (Å²) in [6.45, 7) is 1.45. The van der Waals surface area contributed by atoms with Crippen LogP contribution in [0.2, 0.25) is 5.02 Å². The maximum Gasteiger partial charge on any atom is 0.294 e. The molecule has 2 aromatic rings. The normalized spacial score (nSPS) is 15.0. The van der Waals surface area contributed by atoms with Gasteiger partial charge in [-0.15, -0.1) is 0 Å². The van der Waals surface area contributed by atoms with Crippen molar-refractivity contribution in [2.75, 3.05) is 11.9 Å². The van der Waals surface area contributed by atoms with E-state index in [2.05, 4.69) is 5.32 Å². The Morgan fingerprint density at radius 1 is 1.25 bits per heavy atom. The Hall–Kier alpha value is -3.08. The molecule has 0 saturated carbocycles. The molecule has 28 heavy (non-hydrogen) atoms. The molecule has 2 aromatic carbocycles. The van der Waals surface area contributed by atoms with Crippen LogP contribution in [0.4, 0.5) is 10.5 Å². The lowest BCUT2D eigenvalue weighted by molar-refractivity contribution is -0.127. The van der Waals surface area contributed by atoms with Crippen molar-refractivity contribution in [3.63, 3.8) is 0 Å². The summed E-state index contributed by atoms with van der Waals surface area (Å²) in [5, 5.41) is 11.4. The van der Waals surface area contributed by atoms with Crippen molar-refractivity contribution in [2.45, 2.75) is 6.92 Å². The highest BCUT2D eigenvalue weighted by Crippen LogP contribution is 2.32.